The van der Waals surface area contributed by atoms with Gasteiger partial charge >= 0.3 is 5.97 Å². The Morgan fingerprint density at radius 2 is 1.70 bits per heavy atom. The highest BCUT2D eigenvalue weighted by Gasteiger charge is 2.38. The highest BCUT2D eigenvalue weighted by molar-refractivity contribution is 6.30. The van der Waals surface area contributed by atoms with Crippen molar-refractivity contribution < 1.29 is 28.7 Å². The zero-order chi connectivity index (χ0) is 26.4. The molecule has 3 amide bonds. The molecule has 10 heteroatoms. The van der Waals surface area contributed by atoms with Crippen LogP contribution in [-0.2, 0) is 19.1 Å². The van der Waals surface area contributed by atoms with Crippen LogP contribution in [-0.4, -0.2) is 42.9 Å². The van der Waals surface area contributed by atoms with E-state index in [9.17, 15) is 19.2 Å². The van der Waals surface area contributed by atoms with Gasteiger partial charge in [-0.3, -0.25) is 19.3 Å². The lowest BCUT2D eigenvalue weighted by Crippen LogP contribution is -2.53. The van der Waals surface area contributed by atoms with E-state index in [1.54, 1.807) is 67.6 Å². The molecule has 0 unspecified atom stereocenters. The monoisotopic (exact) mass is 521 g/mol. The Balaban J connectivity index is 1.49. The van der Waals surface area contributed by atoms with Gasteiger partial charge in [0.15, 0.2) is 6.61 Å². The number of hydrogen-bond donors (Lipinski definition) is 2. The summed E-state index contributed by atoms with van der Waals surface area (Å²) in [5.41, 5.74) is 1.70. The fourth-order valence-corrected chi connectivity index (χ4v) is 3.95. The predicted molar refractivity (Wildman–Crippen MR) is 139 cm³/mol. The van der Waals surface area contributed by atoms with Gasteiger partial charge in [0.25, 0.3) is 5.91 Å². The molecule has 3 aromatic carbocycles. The van der Waals surface area contributed by atoms with Gasteiger partial charge in [0.2, 0.25) is 11.8 Å². The Bertz CT molecular complexity index is 1310. The van der Waals surface area contributed by atoms with E-state index in [1.807, 2.05) is 0 Å². The zero-order valence-corrected chi connectivity index (χ0v) is 20.7. The van der Waals surface area contributed by atoms with Gasteiger partial charge in [-0.25, -0.2) is 4.79 Å². The molecule has 0 radical (unpaired) electrons. The van der Waals surface area contributed by atoms with Gasteiger partial charge in [-0.2, -0.15) is 0 Å². The van der Waals surface area contributed by atoms with E-state index in [0.717, 1.165) is 0 Å². The smallest absolute Gasteiger partial charge is 0.338 e. The van der Waals surface area contributed by atoms with Crippen LogP contribution in [0, 0.1) is 0 Å². The van der Waals surface area contributed by atoms with Gasteiger partial charge in [0.1, 0.15) is 11.8 Å². The molecule has 190 valence electrons. The Labute approximate surface area is 218 Å². The van der Waals surface area contributed by atoms with E-state index in [2.05, 4.69) is 10.6 Å². The summed E-state index contributed by atoms with van der Waals surface area (Å²) in [5.74, 6) is -1.50. The molecular weight excluding hydrogens is 498 g/mol. The number of anilines is 3. The van der Waals surface area contributed by atoms with Crippen LogP contribution < -0.4 is 20.3 Å². The van der Waals surface area contributed by atoms with Crippen LogP contribution in [0.1, 0.15) is 23.7 Å². The third-order valence-corrected chi connectivity index (χ3v) is 5.79. The predicted octanol–water partition coefficient (Wildman–Crippen LogP) is 4.28. The van der Waals surface area contributed by atoms with Crippen LogP contribution in [0.5, 0.6) is 5.75 Å². The topological polar surface area (TPSA) is 114 Å². The maximum atomic E-state index is 13.3. The quantitative estimate of drug-likeness (QED) is 0.428. The van der Waals surface area contributed by atoms with Crippen molar-refractivity contribution >= 4 is 52.4 Å². The molecule has 4 rings (SSSR count). The first-order valence-electron chi connectivity index (χ1n) is 11.5. The number of carbonyl (C=O) groups excluding carboxylic acids is 4. The number of hydrogen-bond acceptors (Lipinski definition) is 6. The van der Waals surface area contributed by atoms with Gasteiger partial charge in [-0.1, -0.05) is 23.7 Å². The summed E-state index contributed by atoms with van der Waals surface area (Å²) in [6.45, 7) is 1.62. The fraction of sp³-hybridized carbons (Fsp3) is 0.185. The second-order valence-corrected chi connectivity index (χ2v) is 8.52. The first kappa shape index (κ1) is 25.7. The van der Waals surface area contributed by atoms with E-state index in [4.69, 9.17) is 21.1 Å². The summed E-state index contributed by atoms with van der Waals surface area (Å²) in [4.78, 5) is 52.2. The Morgan fingerprint density at radius 3 is 2.41 bits per heavy atom. The van der Waals surface area contributed by atoms with Gasteiger partial charge < -0.3 is 20.1 Å². The minimum Gasteiger partial charge on any atom is -0.484 e. The standard InChI is InChI=1S/C27H24ClN3O6/c1-2-36-27(35)17-7-11-19(12-8-17)29-24(32)15-23-26(34)30-21-5-3-4-6-22(21)31(23)25(33)16-37-20-13-9-18(28)10-14-20/h3-14,23H,2,15-16H2,1H3,(H,29,32)(H,30,34)/t23-/m1/s1. The average Bonchev–Trinajstić information content (AvgIpc) is 2.89. The molecule has 3 aromatic rings. The molecule has 2 N–H and O–H groups in total. The Morgan fingerprint density at radius 1 is 1.00 bits per heavy atom. The summed E-state index contributed by atoms with van der Waals surface area (Å²) in [7, 11) is 0. The third-order valence-electron chi connectivity index (χ3n) is 5.54. The summed E-state index contributed by atoms with van der Waals surface area (Å²) in [5, 5.41) is 5.99. The van der Waals surface area contributed by atoms with Crippen molar-refractivity contribution in [1.29, 1.82) is 0 Å². The average molecular weight is 522 g/mol. The maximum absolute atomic E-state index is 13.3. The number of amides is 3. The summed E-state index contributed by atoms with van der Waals surface area (Å²) in [6, 6.07) is 18.4. The van der Waals surface area contributed by atoms with Crippen molar-refractivity contribution in [3.05, 3.63) is 83.4 Å². The van der Waals surface area contributed by atoms with E-state index >= 15 is 0 Å². The molecule has 0 fully saturated rings. The second-order valence-electron chi connectivity index (χ2n) is 8.08. The van der Waals surface area contributed by atoms with Crippen molar-refractivity contribution in [2.45, 2.75) is 19.4 Å². The number of nitrogens with zero attached hydrogens (tertiary/aromatic N) is 1. The van der Waals surface area contributed by atoms with Crippen LogP contribution in [0.15, 0.2) is 72.8 Å². The lowest BCUT2D eigenvalue weighted by Gasteiger charge is -2.36. The molecular formula is C27H24ClN3O6. The molecule has 0 bridgehead atoms. The van der Waals surface area contributed by atoms with Gasteiger partial charge in [-0.05, 0) is 67.6 Å². The minimum absolute atomic E-state index is 0.254. The SMILES string of the molecule is CCOC(=O)c1ccc(NC(=O)C[C@@H]2C(=O)Nc3ccccc3N2C(=O)COc2ccc(Cl)cc2)cc1. The molecule has 0 spiro atoms. The first-order valence-corrected chi connectivity index (χ1v) is 11.9. The van der Waals surface area contributed by atoms with Crippen molar-refractivity contribution in [3.63, 3.8) is 0 Å². The number of ether oxygens (including phenoxy) is 2. The normalized spacial score (nSPS) is 14.3. The molecule has 0 aliphatic carbocycles. The number of nitrogens with one attached hydrogen (secondary N) is 2. The fourth-order valence-electron chi connectivity index (χ4n) is 3.82. The van der Waals surface area contributed by atoms with Crippen molar-refractivity contribution in [2.75, 3.05) is 28.7 Å². The molecule has 1 aliphatic rings. The van der Waals surface area contributed by atoms with Crippen LogP contribution in [0.4, 0.5) is 17.1 Å². The zero-order valence-electron chi connectivity index (χ0n) is 19.9. The molecule has 0 aromatic heterocycles. The van der Waals surface area contributed by atoms with E-state index in [1.165, 1.54) is 17.0 Å². The summed E-state index contributed by atoms with van der Waals surface area (Å²) >= 11 is 5.89. The first-order chi connectivity index (χ1) is 17.9. The molecule has 9 nitrogen and oxygen atoms in total. The third kappa shape index (κ3) is 6.25. The van der Waals surface area contributed by atoms with E-state index in [0.29, 0.717) is 33.4 Å². The lowest BCUT2D eigenvalue weighted by atomic mass is 10.0. The molecule has 1 atom stereocenters. The van der Waals surface area contributed by atoms with Crippen LogP contribution in [0.2, 0.25) is 5.02 Å². The van der Waals surface area contributed by atoms with Crippen molar-refractivity contribution in [2.24, 2.45) is 0 Å². The van der Waals surface area contributed by atoms with Crippen LogP contribution in [0.3, 0.4) is 0 Å². The van der Waals surface area contributed by atoms with Crippen LogP contribution >= 0.6 is 11.6 Å². The molecule has 0 saturated carbocycles. The van der Waals surface area contributed by atoms with Crippen LogP contribution in [0.25, 0.3) is 0 Å². The number of benzene rings is 3. The number of esters is 1. The number of fused-ring (bicyclic) bond motifs is 1. The highest BCUT2D eigenvalue weighted by atomic mass is 35.5. The lowest BCUT2D eigenvalue weighted by molar-refractivity contribution is -0.127. The maximum Gasteiger partial charge on any atom is 0.338 e. The second kappa shape index (κ2) is 11.6. The Hall–Kier alpha value is -4.37. The van der Waals surface area contributed by atoms with Crippen molar-refractivity contribution in [3.8, 4) is 5.75 Å². The summed E-state index contributed by atoms with van der Waals surface area (Å²) < 4.78 is 10.6. The van der Waals surface area contributed by atoms with E-state index in [-0.39, 0.29) is 19.6 Å². The van der Waals surface area contributed by atoms with Crippen molar-refractivity contribution in [1.82, 2.24) is 0 Å². The Kier molecular flexibility index (Phi) is 8.05. The molecule has 0 saturated heterocycles. The molecule has 1 aliphatic heterocycles. The molecule has 37 heavy (non-hydrogen) atoms. The largest absolute Gasteiger partial charge is 0.484 e. The number of carbonyl (C=O) groups is 4. The number of halogens is 1. The number of rotatable bonds is 8. The van der Waals surface area contributed by atoms with Gasteiger partial charge in [0, 0.05) is 10.7 Å². The summed E-state index contributed by atoms with van der Waals surface area (Å²) in [6.07, 6.45) is -0.299. The van der Waals surface area contributed by atoms with Gasteiger partial charge in [-0.15, -0.1) is 0 Å². The van der Waals surface area contributed by atoms with Gasteiger partial charge in [0.05, 0.1) is 30.0 Å². The number of para-hydroxylation sites is 2. The molecule has 1 heterocycles. The minimum atomic E-state index is -1.10. The van der Waals surface area contributed by atoms with E-state index < -0.39 is 29.7 Å². The highest BCUT2D eigenvalue weighted by Crippen LogP contribution is 2.33.